The second-order valence-corrected chi connectivity index (χ2v) is 4.61. The molecular formula is C13H22N2O2. The van der Waals surface area contributed by atoms with Crippen molar-refractivity contribution in [3.05, 3.63) is 11.8 Å². The van der Waals surface area contributed by atoms with Crippen molar-refractivity contribution in [2.45, 2.75) is 38.8 Å². The van der Waals surface area contributed by atoms with Crippen LogP contribution in [0.25, 0.3) is 0 Å². The van der Waals surface area contributed by atoms with Gasteiger partial charge in [0, 0.05) is 6.04 Å². The molecule has 1 aliphatic rings. The van der Waals surface area contributed by atoms with Crippen LogP contribution in [0.15, 0.2) is 11.8 Å². The first-order valence-electron chi connectivity index (χ1n) is 6.18. The SMILES string of the molecule is CCOC=C(C)C(O)C(C#N)C1CCCN1C. The summed E-state index contributed by atoms with van der Waals surface area (Å²) in [6, 6.07) is 2.40. The predicted octanol–water partition coefficient (Wildman–Crippen LogP) is 1.52. The minimum atomic E-state index is -0.739. The Kier molecular flexibility index (Phi) is 5.46. The Morgan fingerprint density at radius 1 is 1.71 bits per heavy atom. The molecule has 1 fully saturated rings. The van der Waals surface area contributed by atoms with Crippen molar-refractivity contribution < 1.29 is 9.84 Å². The standard InChI is InChI=1S/C13H22N2O2/c1-4-17-9-10(2)13(16)11(8-14)12-6-5-7-15(12)3/h9,11-13,16H,4-7H2,1-3H3. The van der Waals surface area contributed by atoms with Gasteiger partial charge >= 0.3 is 0 Å². The average molecular weight is 238 g/mol. The average Bonchev–Trinajstić information content (AvgIpc) is 2.73. The Balaban J connectivity index is 2.70. The highest BCUT2D eigenvalue weighted by molar-refractivity contribution is 5.12. The highest BCUT2D eigenvalue weighted by atomic mass is 16.5. The van der Waals surface area contributed by atoms with Crippen molar-refractivity contribution in [1.29, 1.82) is 5.26 Å². The third kappa shape index (κ3) is 3.45. The molecule has 0 amide bonds. The summed E-state index contributed by atoms with van der Waals surface area (Å²) in [6.45, 7) is 5.27. The van der Waals surface area contributed by atoms with Crippen LogP contribution in [0.2, 0.25) is 0 Å². The van der Waals surface area contributed by atoms with Crippen LogP contribution < -0.4 is 0 Å². The van der Waals surface area contributed by atoms with Gasteiger partial charge in [0.2, 0.25) is 0 Å². The first kappa shape index (κ1) is 14.0. The molecule has 3 atom stereocenters. The fourth-order valence-electron chi connectivity index (χ4n) is 2.32. The lowest BCUT2D eigenvalue weighted by molar-refractivity contribution is 0.112. The molecule has 96 valence electrons. The molecule has 1 saturated heterocycles. The Morgan fingerprint density at radius 3 is 2.88 bits per heavy atom. The minimum Gasteiger partial charge on any atom is -0.501 e. The van der Waals surface area contributed by atoms with Gasteiger partial charge in [-0.1, -0.05) is 0 Å². The van der Waals surface area contributed by atoms with E-state index in [1.807, 2.05) is 14.0 Å². The molecule has 4 heteroatoms. The Hall–Kier alpha value is -1.05. The first-order valence-corrected chi connectivity index (χ1v) is 6.18. The van der Waals surface area contributed by atoms with E-state index >= 15 is 0 Å². The van der Waals surface area contributed by atoms with E-state index in [4.69, 9.17) is 4.74 Å². The van der Waals surface area contributed by atoms with E-state index in [1.54, 1.807) is 13.2 Å². The molecule has 0 aliphatic carbocycles. The second kappa shape index (κ2) is 6.63. The van der Waals surface area contributed by atoms with E-state index in [0.717, 1.165) is 25.0 Å². The number of likely N-dealkylation sites (tertiary alicyclic amines) is 1. The highest BCUT2D eigenvalue weighted by Crippen LogP contribution is 2.27. The number of hydrogen-bond donors (Lipinski definition) is 1. The maximum Gasteiger partial charge on any atom is 0.0953 e. The van der Waals surface area contributed by atoms with Gasteiger partial charge in [-0.3, -0.25) is 0 Å². The minimum absolute atomic E-state index is 0.153. The molecule has 0 aromatic carbocycles. The van der Waals surface area contributed by atoms with Gasteiger partial charge in [0.05, 0.1) is 31.0 Å². The van der Waals surface area contributed by atoms with E-state index in [0.29, 0.717) is 6.61 Å². The van der Waals surface area contributed by atoms with Crippen molar-refractivity contribution in [2.24, 2.45) is 5.92 Å². The maximum absolute atomic E-state index is 10.2. The number of nitriles is 1. The number of rotatable bonds is 5. The number of ether oxygens (including phenoxy) is 1. The van der Waals surface area contributed by atoms with Crippen LogP contribution in [0.3, 0.4) is 0 Å². The molecule has 4 nitrogen and oxygen atoms in total. The van der Waals surface area contributed by atoms with Crippen molar-refractivity contribution in [2.75, 3.05) is 20.2 Å². The van der Waals surface area contributed by atoms with E-state index in [-0.39, 0.29) is 12.0 Å². The van der Waals surface area contributed by atoms with E-state index in [9.17, 15) is 10.4 Å². The Bertz CT molecular complexity index is 309. The van der Waals surface area contributed by atoms with Crippen molar-refractivity contribution in [3.8, 4) is 6.07 Å². The van der Waals surface area contributed by atoms with Crippen LogP contribution in [-0.4, -0.2) is 42.4 Å². The third-order valence-corrected chi connectivity index (χ3v) is 3.38. The van der Waals surface area contributed by atoms with E-state index < -0.39 is 6.10 Å². The molecule has 0 bridgehead atoms. The van der Waals surface area contributed by atoms with Crippen molar-refractivity contribution in [3.63, 3.8) is 0 Å². The summed E-state index contributed by atoms with van der Waals surface area (Å²) in [6.07, 6.45) is 2.90. The topological polar surface area (TPSA) is 56.5 Å². The van der Waals surface area contributed by atoms with Crippen LogP contribution in [0.4, 0.5) is 0 Å². The molecule has 1 rings (SSSR count). The summed E-state index contributed by atoms with van der Waals surface area (Å²) < 4.78 is 5.16. The fourth-order valence-corrected chi connectivity index (χ4v) is 2.32. The van der Waals surface area contributed by atoms with Crippen LogP contribution >= 0.6 is 0 Å². The quantitative estimate of drug-likeness (QED) is 0.738. The van der Waals surface area contributed by atoms with Gasteiger partial charge < -0.3 is 14.7 Å². The monoisotopic (exact) mass is 238 g/mol. The summed E-state index contributed by atoms with van der Waals surface area (Å²) >= 11 is 0. The zero-order valence-corrected chi connectivity index (χ0v) is 10.9. The zero-order valence-electron chi connectivity index (χ0n) is 10.9. The summed E-state index contributed by atoms with van der Waals surface area (Å²) in [4.78, 5) is 2.16. The lowest BCUT2D eigenvalue weighted by Crippen LogP contribution is -2.38. The van der Waals surface area contributed by atoms with Crippen LogP contribution in [0.5, 0.6) is 0 Å². The Morgan fingerprint density at radius 2 is 2.41 bits per heavy atom. The third-order valence-electron chi connectivity index (χ3n) is 3.38. The van der Waals surface area contributed by atoms with E-state index in [1.165, 1.54) is 0 Å². The molecule has 0 aromatic rings. The predicted molar refractivity (Wildman–Crippen MR) is 66.1 cm³/mol. The normalized spacial score (nSPS) is 25.4. The van der Waals surface area contributed by atoms with Gasteiger partial charge in [0.15, 0.2) is 0 Å². The lowest BCUT2D eigenvalue weighted by Gasteiger charge is -2.28. The van der Waals surface area contributed by atoms with Crippen LogP contribution in [-0.2, 0) is 4.74 Å². The van der Waals surface area contributed by atoms with Gasteiger partial charge in [0.1, 0.15) is 0 Å². The highest BCUT2D eigenvalue weighted by Gasteiger charge is 2.34. The fraction of sp³-hybridized carbons (Fsp3) is 0.769. The van der Waals surface area contributed by atoms with Gasteiger partial charge in [-0.25, -0.2) is 0 Å². The largest absolute Gasteiger partial charge is 0.501 e. The van der Waals surface area contributed by atoms with Crippen LogP contribution in [0.1, 0.15) is 26.7 Å². The molecular weight excluding hydrogens is 216 g/mol. The zero-order chi connectivity index (χ0) is 12.8. The molecule has 1 heterocycles. The first-order chi connectivity index (χ1) is 8.11. The molecule has 1 aliphatic heterocycles. The van der Waals surface area contributed by atoms with Crippen molar-refractivity contribution >= 4 is 0 Å². The smallest absolute Gasteiger partial charge is 0.0953 e. The van der Waals surface area contributed by atoms with Gasteiger partial charge in [0.25, 0.3) is 0 Å². The summed E-state index contributed by atoms with van der Waals surface area (Å²) in [5, 5.41) is 19.4. The Labute approximate surface area is 103 Å². The molecule has 0 radical (unpaired) electrons. The van der Waals surface area contributed by atoms with Gasteiger partial charge in [-0.15, -0.1) is 0 Å². The second-order valence-electron chi connectivity index (χ2n) is 4.61. The summed E-state index contributed by atoms with van der Waals surface area (Å²) in [7, 11) is 2.01. The number of aliphatic hydroxyl groups is 1. The summed E-state index contributed by atoms with van der Waals surface area (Å²) in [5.74, 6) is -0.376. The van der Waals surface area contributed by atoms with Gasteiger partial charge in [-0.05, 0) is 45.9 Å². The molecule has 3 unspecified atom stereocenters. The van der Waals surface area contributed by atoms with Crippen LogP contribution in [0, 0.1) is 17.2 Å². The molecule has 0 spiro atoms. The number of aliphatic hydroxyl groups excluding tert-OH is 1. The molecule has 0 saturated carbocycles. The van der Waals surface area contributed by atoms with Crippen molar-refractivity contribution in [1.82, 2.24) is 4.90 Å². The molecule has 0 aromatic heterocycles. The maximum atomic E-state index is 10.2. The summed E-state index contributed by atoms with van der Waals surface area (Å²) in [5.41, 5.74) is 0.721. The lowest BCUT2D eigenvalue weighted by atomic mass is 9.90. The molecule has 17 heavy (non-hydrogen) atoms. The van der Waals surface area contributed by atoms with E-state index in [2.05, 4.69) is 11.0 Å². The van der Waals surface area contributed by atoms with Gasteiger partial charge in [-0.2, -0.15) is 5.26 Å². The number of hydrogen-bond acceptors (Lipinski definition) is 4. The molecule has 1 N–H and O–H groups in total. The number of nitrogens with zero attached hydrogens (tertiary/aromatic N) is 2.